The number of aromatic amines is 2. The van der Waals surface area contributed by atoms with Crippen LogP contribution in [0.4, 0.5) is 10.1 Å². The third kappa shape index (κ3) is 4.25. The Labute approximate surface area is 215 Å². The number of carbonyl (C=O) groups is 1. The summed E-state index contributed by atoms with van der Waals surface area (Å²) in [7, 11) is 0. The molecule has 8 nitrogen and oxygen atoms in total. The minimum atomic E-state index is -0.520. The summed E-state index contributed by atoms with van der Waals surface area (Å²) in [6, 6.07) is 11.0. The zero-order chi connectivity index (χ0) is 25.7. The van der Waals surface area contributed by atoms with E-state index in [9.17, 15) is 9.18 Å². The maximum atomic E-state index is 13.7. The first kappa shape index (κ1) is 23.0. The van der Waals surface area contributed by atoms with Crippen molar-refractivity contribution in [3.8, 4) is 33.0 Å². The largest absolute Gasteiger partial charge is 0.338 e. The molecule has 0 aliphatic heterocycles. The number of fused-ring (bicyclic) bond motifs is 2. The lowest BCUT2D eigenvalue weighted by atomic mass is 9.95. The molecule has 0 spiro atoms. The molecule has 10 heteroatoms. The first-order valence-corrected chi connectivity index (χ1v) is 12.4. The highest BCUT2D eigenvalue weighted by Gasteiger charge is 2.21. The van der Waals surface area contributed by atoms with E-state index in [-0.39, 0.29) is 11.0 Å². The van der Waals surface area contributed by atoms with E-state index in [0.29, 0.717) is 22.7 Å². The summed E-state index contributed by atoms with van der Waals surface area (Å²) >= 11 is 1.10. The normalized spacial score (nSPS) is 11.9. The highest BCUT2D eigenvalue weighted by Crippen LogP contribution is 2.36. The molecule has 6 aromatic rings. The SMILES string of the molecule is CC(C)(C)C(=O)Nc1cncc(-c2cnc3[nH]nc(-c4cc5c(-c6ccc(F)s6)ccnc5[nH]4)c3c2)c1. The van der Waals surface area contributed by atoms with Crippen LogP contribution in [-0.2, 0) is 4.79 Å². The van der Waals surface area contributed by atoms with Gasteiger partial charge in [-0.05, 0) is 36.4 Å². The molecule has 0 atom stereocenters. The average Bonchev–Trinajstić information content (AvgIpc) is 3.60. The Morgan fingerprint density at radius 1 is 0.973 bits per heavy atom. The molecular formula is C27H22FN7OS. The van der Waals surface area contributed by atoms with Gasteiger partial charge in [-0.15, -0.1) is 11.3 Å². The molecule has 0 saturated heterocycles. The Morgan fingerprint density at radius 2 is 1.81 bits per heavy atom. The van der Waals surface area contributed by atoms with E-state index in [4.69, 9.17) is 0 Å². The van der Waals surface area contributed by atoms with Crippen LogP contribution in [0.5, 0.6) is 0 Å². The number of thiophene rings is 1. The van der Waals surface area contributed by atoms with Gasteiger partial charge in [0.15, 0.2) is 10.8 Å². The molecule has 1 amide bonds. The summed E-state index contributed by atoms with van der Waals surface area (Å²) in [4.78, 5) is 29.9. The van der Waals surface area contributed by atoms with Crippen LogP contribution in [0.2, 0.25) is 0 Å². The number of aromatic nitrogens is 6. The van der Waals surface area contributed by atoms with Crippen LogP contribution in [-0.4, -0.2) is 36.0 Å². The van der Waals surface area contributed by atoms with Crippen molar-refractivity contribution in [3.63, 3.8) is 0 Å². The molecule has 37 heavy (non-hydrogen) atoms. The van der Waals surface area contributed by atoms with Gasteiger partial charge in [-0.1, -0.05) is 20.8 Å². The number of anilines is 1. The molecular weight excluding hydrogens is 489 g/mol. The van der Waals surface area contributed by atoms with Crippen LogP contribution in [0.15, 0.2) is 61.2 Å². The van der Waals surface area contributed by atoms with Gasteiger partial charge in [-0.25, -0.2) is 9.97 Å². The molecule has 0 aromatic carbocycles. The van der Waals surface area contributed by atoms with E-state index in [2.05, 4.69) is 35.5 Å². The third-order valence-corrected chi connectivity index (χ3v) is 6.96. The van der Waals surface area contributed by atoms with Gasteiger partial charge in [0.25, 0.3) is 0 Å². The summed E-state index contributed by atoms with van der Waals surface area (Å²) in [6.45, 7) is 5.58. The molecule has 0 aliphatic carbocycles. The summed E-state index contributed by atoms with van der Waals surface area (Å²) in [5, 5.41) is 11.9. The lowest BCUT2D eigenvalue weighted by Crippen LogP contribution is -2.27. The van der Waals surface area contributed by atoms with Gasteiger partial charge in [0.05, 0.1) is 17.6 Å². The maximum Gasteiger partial charge on any atom is 0.229 e. The van der Waals surface area contributed by atoms with Gasteiger partial charge in [-0.2, -0.15) is 9.49 Å². The number of halogens is 1. The molecule has 184 valence electrons. The lowest BCUT2D eigenvalue weighted by molar-refractivity contribution is -0.123. The van der Waals surface area contributed by atoms with Crippen molar-refractivity contribution in [2.75, 3.05) is 5.32 Å². The van der Waals surface area contributed by atoms with Crippen molar-refractivity contribution >= 4 is 45.0 Å². The Morgan fingerprint density at radius 3 is 2.59 bits per heavy atom. The summed E-state index contributed by atoms with van der Waals surface area (Å²) in [5.41, 5.74) is 5.42. The van der Waals surface area contributed by atoms with Crippen LogP contribution < -0.4 is 5.32 Å². The standard InChI is InChI=1S/C27H22FN7OS/c1-27(2,3)26(36)32-16-8-14(11-29-13-16)15-9-19-23(34-35-25(19)31-12-15)20-10-18-17(6-7-30-24(18)33-20)21-4-5-22(28)37-21/h4-13H,1-3H3,(H,30,33)(H,32,36)(H,31,34,35). The van der Waals surface area contributed by atoms with Gasteiger partial charge < -0.3 is 10.3 Å². The van der Waals surface area contributed by atoms with E-state index in [0.717, 1.165) is 49.4 Å². The monoisotopic (exact) mass is 511 g/mol. The van der Waals surface area contributed by atoms with Crippen LogP contribution in [0.3, 0.4) is 0 Å². The van der Waals surface area contributed by atoms with Crippen LogP contribution in [0.25, 0.3) is 55.0 Å². The Kier molecular flexibility index (Phi) is 5.34. The van der Waals surface area contributed by atoms with Gasteiger partial charge in [0.2, 0.25) is 5.91 Å². The van der Waals surface area contributed by atoms with E-state index in [1.807, 2.05) is 45.0 Å². The van der Waals surface area contributed by atoms with E-state index >= 15 is 0 Å². The number of nitrogens with one attached hydrogen (secondary N) is 3. The lowest BCUT2D eigenvalue weighted by Gasteiger charge is -2.17. The number of carbonyl (C=O) groups excluding carboxylic acids is 1. The van der Waals surface area contributed by atoms with E-state index in [1.54, 1.807) is 30.9 Å². The molecule has 0 saturated carbocycles. The molecule has 0 radical (unpaired) electrons. The molecule has 0 aliphatic rings. The fourth-order valence-corrected chi connectivity index (χ4v) is 4.85. The van der Waals surface area contributed by atoms with Crippen LogP contribution in [0.1, 0.15) is 20.8 Å². The Balaban J connectivity index is 1.40. The zero-order valence-corrected chi connectivity index (χ0v) is 21.1. The third-order valence-electron chi connectivity index (χ3n) is 6.05. The number of rotatable bonds is 4. The fourth-order valence-electron chi connectivity index (χ4n) is 4.08. The number of pyridine rings is 3. The van der Waals surface area contributed by atoms with E-state index in [1.165, 1.54) is 6.07 Å². The summed E-state index contributed by atoms with van der Waals surface area (Å²) in [6.07, 6.45) is 6.80. The minimum Gasteiger partial charge on any atom is -0.338 e. The minimum absolute atomic E-state index is 0.0887. The molecule has 6 heterocycles. The predicted octanol–water partition coefficient (Wildman–Crippen LogP) is 6.42. The second kappa shape index (κ2) is 8.59. The van der Waals surface area contributed by atoms with Crippen molar-refractivity contribution in [1.82, 2.24) is 30.1 Å². The molecule has 6 rings (SSSR count). The quantitative estimate of drug-likeness (QED) is 0.253. The highest BCUT2D eigenvalue weighted by molar-refractivity contribution is 7.14. The molecule has 6 aromatic heterocycles. The number of amides is 1. The number of H-pyrrole nitrogens is 2. The highest BCUT2D eigenvalue weighted by atomic mass is 32.1. The van der Waals surface area contributed by atoms with Crippen molar-refractivity contribution in [2.24, 2.45) is 5.41 Å². The van der Waals surface area contributed by atoms with Crippen molar-refractivity contribution in [2.45, 2.75) is 20.8 Å². The predicted molar refractivity (Wildman–Crippen MR) is 144 cm³/mol. The van der Waals surface area contributed by atoms with Gasteiger partial charge in [0, 0.05) is 56.3 Å². The van der Waals surface area contributed by atoms with Gasteiger partial charge in [-0.3, -0.25) is 14.9 Å². The van der Waals surface area contributed by atoms with Gasteiger partial charge >= 0.3 is 0 Å². The Hall–Kier alpha value is -4.44. The van der Waals surface area contributed by atoms with Crippen LogP contribution >= 0.6 is 11.3 Å². The fraction of sp³-hybridized carbons (Fsp3) is 0.148. The number of hydrogen-bond acceptors (Lipinski definition) is 6. The molecule has 0 unspecified atom stereocenters. The second-order valence-corrected chi connectivity index (χ2v) is 10.8. The maximum absolute atomic E-state index is 13.7. The number of nitrogens with zero attached hydrogens (tertiary/aromatic N) is 4. The van der Waals surface area contributed by atoms with Crippen LogP contribution in [0, 0.1) is 10.5 Å². The van der Waals surface area contributed by atoms with Gasteiger partial charge in [0.1, 0.15) is 11.3 Å². The first-order valence-electron chi connectivity index (χ1n) is 11.6. The summed E-state index contributed by atoms with van der Waals surface area (Å²) in [5.74, 6) is -0.0887. The smallest absolute Gasteiger partial charge is 0.229 e. The average molecular weight is 512 g/mol. The van der Waals surface area contributed by atoms with Crippen molar-refractivity contribution in [1.29, 1.82) is 0 Å². The second-order valence-electron chi connectivity index (χ2n) is 9.77. The molecule has 3 N–H and O–H groups in total. The van der Waals surface area contributed by atoms with Crippen molar-refractivity contribution < 1.29 is 9.18 Å². The Bertz CT molecular complexity index is 1790. The zero-order valence-electron chi connectivity index (χ0n) is 20.3. The topological polar surface area (TPSA) is 112 Å². The molecule has 0 fully saturated rings. The molecule has 0 bridgehead atoms. The van der Waals surface area contributed by atoms with Crippen molar-refractivity contribution in [3.05, 3.63) is 66.3 Å². The first-order chi connectivity index (χ1) is 17.8. The number of hydrogen-bond donors (Lipinski definition) is 3. The summed E-state index contributed by atoms with van der Waals surface area (Å²) < 4.78 is 13.7. The van der Waals surface area contributed by atoms with E-state index < -0.39 is 5.41 Å².